The number of hydrogen-bond donors (Lipinski definition) is 1. The third-order valence-corrected chi connectivity index (χ3v) is 2.52. The summed E-state index contributed by atoms with van der Waals surface area (Å²) in [5, 5.41) is 9.02. The van der Waals surface area contributed by atoms with Gasteiger partial charge in [0.25, 0.3) is 0 Å². The van der Waals surface area contributed by atoms with E-state index in [0.717, 1.165) is 5.57 Å². The summed E-state index contributed by atoms with van der Waals surface area (Å²) >= 11 is 0. The minimum atomic E-state index is -1.01. The Balaban J connectivity index is 2.82. The second-order valence-corrected chi connectivity index (χ2v) is 4.35. The molecular weight excluding hydrogens is 230 g/mol. The maximum atomic E-state index is 11.9. The highest BCUT2D eigenvalue weighted by Gasteiger charge is 2.15. The molecule has 0 aromatic heterocycles. The first-order valence-electron chi connectivity index (χ1n) is 5.61. The SMILES string of the molecule is C=C(C)CN(C)C(=O)Cc1ccccc1C(=O)O. The number of carbonyl (C=O) groups is 2. The molecule has 0 bridgehead atoms. The fourth-order valence-electron chi connectivity index (χ4n) is 1.67. The molecule has 1 amide bonds. The average molecular weight is 247 g/mol. The number of benzene rings is 1. The molecule has 4 nitrogen and oxygen atoms in total. The topological polar surface area (TPSA) is 57.6 Å². The Hall–Kier alpha value is -2.10. The van der Waals surface area contributed by atoms with E-state index in [-0.39, 0.29) is 17.9 Å². The second-order valence-electron chi connectivity index (χ2n) is 4.35. The maximum absolute atomic E-state index is 11.9. The Morgan fingerprint density at radius 2 is 1.94 bits per heavy atom. The second kappa shape index (κ2) is 6.00. The van der Waals surface area contributed by atoms with Crippen molar-refractivity contribution in [2.75, 3.05) is 13.6 Å². The number of nitrogens with zero attached hydrogens (tertiary/aromatic N) is 1. The van der Waals surface area contributed by atoms with Crippen molar-refractivity contribution in [2.24, 2.45) is 0 Å². The van der Waals surface area contributed by atoms with E-state index in [1.807, 2.05) is 6.92 Å². The molecule has 0 spiro atoms. The number of carbonyl (C=O) groups excluding carboxylic acids is 1. The molecule has 0 saturated heterocycles. The van der Waals surface area contributed by atoms with Crippen molar-refractivity contribution in [3.05, 3.63) is 47.5 Å². The van der Waals surface area contributed by atoms with Crippen LogP contribution in [0.5, 0.6) is 0 Å². The summed E-state index contributed by atoms with van der Waals surface area (Å²) in [6.45, 7) is 6.06. The zero-order valence-electron chi connectivity index (χ0n) is 10.6. The van der Waals surface area contributed by atoms with Gasteiger partial charge in [-0.25, -0.2) is 4.79 Å². The van der Waals surface area contributed by atoms with E-state index in [2.05, 4.69) is 6.58 Å². The standard InChI is InChI=1S/C14H17NO3/c1-10(2)9-15(3)13(16)8-11-6-4-5-7-12(11)14(17)18/h4-7H,1,8-9H2,2-3H3,(H,17,18). The molecule has 96 valence electrons. The zero-order valence-corrected chi connectivity index (χ0v) is 10.6. The molecule has 0 saturated carbocycles. The van der Waals surface area contributed by atoms with Crippen LogP contribution >= 0.6 is 0 Å². The van der Waals surface area contributed by atoms with Crippen molar-refractivity contribution in [1.82, 2.24) is 4.90 Å². The first kappa shape index (κ1) is 14.0. The van der Waals surface area contributed by atoms with Crippen LogP contribution in [0, 0.1) is 0 Å². The molecule has 1 N–H and O–H groups in total. The summed E-state index contributed by atoms with van der Waals surface area (Å²) in [5.41, 5.74) is 1.59. The van der Waals surface area contributed by atoms with E-state index in [0.29, 0.717) is 12.1 Å². The van der Waals surface area contributed by atoms with E-state index in [1.165, 1.54) is 6.07 Å². The predicted molar refractivity (Wildman–Crippen MR) is 69.6 cm³/mol. The maximum Gasteiger partial charge on any atom is 0.335 e. The molecule has 1 aromatic rings. The highest BCUT2D eigenvalue weighted by Crippen LogP contribution is 2.11. The third kappa shape index (κ3) is 3.73. The quantitative estimate of drug-likeness (QED) is 0.809. The Morgan fingerprint density at radius 3 is 2.50 bits per heavy atom. The van der Waals surface area contributed by atoms with Gasteiger partial charge in [-0.15, -0.1) is 0 Å². The van der Waals surface area contributed by atoms with Crippen LogP contribution in [0.4, 0.5) is 0 Å². The summed E-state index contributed by atoms with van der Waals surface area (Å²) in [7, 11) is 1.68. The molecule has 0 radical (unpaired) electrons. The van der Waals surface area contributed by atoms with E-state index >= 15 is 0 Å². The number of rotatable bonds is 5. The first-order chi connectivity index (χ1) is 8.41. The minimum absolute atomic E-state index is 0.0895. The molecule has 0 aliphatic rings. The summed E-state index contributed by atoms with van der Waals surface area (Å²) in [6, 6.07) is 6.54. The molecule has 0 heterocycles. The highest BCUT2D eigenvalue weighted by molar-refractivity contribution is 5.91. The number of amides is 1. The van der Waals surface area contributed by atoms with Crippen LogP contribution in [-0.4, -0.2) is 35.5 Å². The average Bonchev–Trinajstić information content (AvgIpc) is 2.28. The van der Waals surface area contributed by atoms with Gasteiger partial charge in [0.1, 0.15) is 0 Å². The van der Waals surface area contributed by atoms with Crippen molar-refractivity contribution in [1.29, 1.82) is 0 Å². The fraction of sp³-hybridized carbons (Fsp3) is 0.286. The molecule has 4 heteroatoms. The van der Waals surface area contributed by atoms with E-state index in [9.17, 15) is 9.59 Å². The van der Waals surface area contributed by atoms with Crippen molar-refractivity contribution in [3.63, 3.8) is 0 Å². The monoisotopic (exact) mass is 247 g/mol. The molecule has 0 aliphatic heterocycles. The first-order valence-corrected chi connectivity index (χ1v) is 5.61. The van der Waals surface area contributed by atoms with Crippen molar-refractivity contribution < 1.29 is 14.7 Å². The van der Waals surface area contributed by atoms with Gasteiger partial charge >= 0.3 is 5.97 Å². The molecular formula is C14H17NO3. The van der Waals surface area contributed by atoms with Crippen LogP contribution in [0.2, 0.25) is 0 Å². The molecule has 1 aromatic carbocycles. The summed E-state index contributed by atoms with van der Waals surface area (Å²) in [6.07, 6.45) is 0.0895. The molecule has 0 unspecified atom stereocenters. The van der Waals surface area contributed by atoms with Gasteiger partial charge in [0.15, 0.2) is 0 Å². The van der Waals surface area contributed by atoms with Crippen LogP contribution in [0.1, 0.15) is 22.8 Å². The molecule has 0 aliphatic carbocycles. The molecule has 0 atom stereocenters. The zero-order chi connectivity index (χ0) is 13.7. The Bertz CT molecular complexity index is 480. The van der Waals surface area contributed by atoms with Gasteiger partial charge in [-0.2, -0.15) is 0 Å². The van der Waals surface area contributed by atoms with E-state index in [4.69, 9.17) is 5.11 Å². The van der Waals surface area contributed by atoms with Gasteiger partial charge in [-0.1, -0.05) is 30.4 Å². The number of carboxylic acid groups (broad SMARTS) is 1. The highest BCUT2D eigenvalue weighted by atomic mass is 16.4. The summed E-state index contributed by atoms with van der Waals surface area (Å²) < 4.78 is 0. The van der Waals surface area contributed by atoms with Crippen LogP contribution in [0.15, 0.2) is 36.4 Å². The predicted octanol–water partition coefficient (Wildman–Crippen LogP) is 1.96. The van der Waals surface area contributed by atoms with E-state index < -0.39 is 5.97 Å². The lowest BCUT2D eigenvalue weighted by Gasteiger charge is -2.17. The number of hydrogen-bond acceptors (Lipinski definition) is 2. The fourth-order valence-corrected chi connectivity index (χ4v) is 1.67. The van der Waals surface area contributed by atoms with Gasteiger partial charge in [0, 0.05) is 13.6 Å². The van der Waals surface area contributed by atoms with E-state index in [1.54, 1.807) is 30.1 Å². The van der Waals surface area contributed by atoms with Crippen LogP contribution in [-0.2, 0) is 11.2 Å². The third-order valence-electron chi connectivity index (χ3n) is 2.52. The van der Waals surface area contributed by atoms with Crippen molar-refractivity contribution in [2.45, 2.75) is 13.3 Å². The Morgan fingerprint density at radius 1 is 1.33 bits per heavy atom. The van der Waals surface area contributed by atoms with Crippen LogP contribution < -0.4 is 0 Å². The molecule has 1 rings (SSSR count). The smallest absolute Gasteiger partial charge is 0.335 e. The van der Waals surface area contributed by atoms with Gasteiger partial charge in [0.05, 0.1) is 12.0 Å². The van der Waals surface area contributed by atoms with Crippen LogP contribution in [0.3, 0.4) is 0 Å². The lowest BCUT2D eigenvalue weighted by molar-refractivity contribution is -0.128. The van der Waals surface area contributed by atoms with Gasteiger partial charge in [-0.05, 0) is 18.6 Å². The van der Waals surface area contributed by atoms with Gasteiger partial charge < -0.3 is 10.0 Å². The molecule has 0 fully saturated rings. The van der Waals surface area contributed by atoms with Gasteiger partial charge in [-0.3, -0.25) is 4.79 Å². The normalized spacial score (nSPS) is 9.89. The minimum Gasteiger partial charge on any atom is -0.478 e. The number of likely N-dealkylation sites (N-methyl/N-ethyl adjacent to an activating group) is 1. The van der Waals surface area contributed by atoms with Crippen LogP contribution in [0.25, 0.3) is 0 Å². The summed E-state index contributed by atoms with van der Waals surface area (Å²) in [4.78, 5) is 24.5. The molecule has 18 heavy (non-hydrogen) atoms. The van der Waals surface area contributed by atoms with Crippen molar-refractivity contribution in [3.8, 4) is 0 Å². The Labute approximate surface area is 107 Å². The lowest BCUT2D eigenvalue weighted by Crippen LogP contribution is -2.30. The largest absolute Gasteiger partial charge is 0.478 e. The number of aromatic carboxylic acids is 1. The summed E-state index contributed by atoms with van der Waals surface area (Å²) in [5.74, 6) is -1.13. The van der Waals surface area contributed by atoms with Crippen molar-refractivity contribution >= 4 is 11.9 Å². The Kier molecular flexibility index (Phi) is 4.66. The lowest BCUT2D eigenvalue weighted by atomic mass is 10.0. The number of carboxylic acids is 1. The van der Waals surface area contributed by atoms with Gasteiger partial charge in [0.2, 0.25) is 5.91 Å².